The summed E-state index contributed by atoms with van der Waals surface area (Å²) in [6.07, 6.45) is 2.01. The lowest BCUT2D eigenvalue weighted by Crippen LogP contribution is -2.48. The van der Waals surface area contributed by atoms with Crippen molar-refractivity contribution in [3.05, 3.63) is 52.7 Å². The Bertz CT molecular complexity index is 891. The molecule has 3 aliphatic rings. The quantitative estimate of drug-likeness (QED) is 0.846. The maximum Gasteiger partial charge on any atom is 0.220 e. The van der Waals surface area contributed by atoms with Crippen molar-refractivity contribution in [3.63, 3.8) is 0 Å². The first kappa shape index (κ1) is 18.0. The number of nitrogens with one attached hydrogen (secondary N) is 2. The van der Waals surface area contributed by atoms with Crippen LogP contribution in [0.25, 0.3) is 0 Å². The molecule has 2 fully saturated rings. The zero-order chi connectivity index (χ0) is 19.3. The zero-order valence-electron chi connectivity index (χ0n) is 16.3. The molecule has 0 aliphatic carbocycles. The molecule has 0 spiro atoms. The van der Waals surface area contributed by atoms with Crippen molar-refractivity contribution in [2.24, 2.45) is 5.92 Å². The minimum absolute atomic E-state index is 0.00791. The van der Waals surface area contributed by atoms with Gasteiger partial charge in [-0.25, -0.2) is 14.8 Å². The van der Waals surface area contributed by atoms with Crippen LogP contribution in [-0.4, -0.2) is 46.6 Å². The number of halogens is 1. The molecule has 5 rings (SSSR count). The summed E-state index contributed by atoms with van der Waals surface area (Å²) in [6, 6.07) is 7.44. The van der Waals surface area contributed by atoms with Gasteiger partial charge in [-0.1, -0.05) is 18.2 Å². The summed E-state index contributed by atoms with van der Waals surface area (Å²) < 4.78 is 20.5. The Morgan fingerprint density at radius 3 is 2.93 bits per heavy atom. The van der Waals surface area contributed by atoms with Crippen LogP contribution >= 0.6 is 0 Å². The van der Waals surface area contributed by atoms with Crippen LogP contribution in [0, 0.1) is 25.6 Å². The van der Waals surface area contributed by atoms with Crippen molar-refractivity contribution in [3.8, 4) is 5.88 Å². The van der Waals surface area contributed by atoms with E-state index >= 15 is 0 Å². The Morgan fingerprint density at radius 2 is 2.07 bits per heavy atom. The predicted molar refractivity (Wildman–Crippen MR) is 103 cm³/mol. The largest absolute Gasteiger partial charge is 0.472 e. The van der Waals surface area contributed by atoms with Crippen LogP contribution < -0.4 is 15.6 Å². The zero-order valence-corrected chi connectivity index (χ0v) is 16.3. The van der Waals surface area contributed by atoms with Crippen molar-refractivity contribution >= 4 is 0 Å². The van der Waals surface area contributed by atoms with Gasteiger partial charge in [0.25, 0.3) is 0 Å². The summed E-state index contributed by atoms with van der Waals surface area (Å²) >= 11 is 0. The normalized spacial score (nSPS) is 29.4. The Balaban J connectivity index is 1.27. The fourth-order valence-electron chi connectivity index (χ4n) is 4.93. The van der Waals surface area contributed by atoms with E-state index in [-0.39, 0.29) is 18.0 Å². The van der Waals surface area contributed by atoms with Gasteiger partial charge >= 0.3 is 0 Å². The molecule has 4 atom stereocenters. The van der Waals surface area contributed by atoms with Crippen LogP contribution in [0.15, 0.2) is 24.3 Å². The molecule has 2 aromatic rings. The Kier molecular flexibility index (Phi) is 4.53. The number of hydrogen-bond donors (Lipinski definition) is 2. The van der Waals surface area contributed by atoms with Crippen LogP contribution in [0.4, 0.5) is 4.39 Å². The number of nitrogens with zero attached hydrogens (tertiary/aromatic N) is 3. The third kappa shape index (κ3) is 3.17. The van der Waals surface area contributed by atoms with Crippen molar-refractivity contribution in [1.82, 2.24) is 25.7 Å². The molecular weight excluding hydrogens is 357 g/mol. The molecule has 0 radical (unpaired) electrons. The first-order chi connectivity index (χ1) is 13.6. The van der Waals surface area contributed by atoms with Gasteiger partial charge in [-0.2, -0.15) is 4.98 Å². The van der Waals surface area contributed by atoms with Gasteiger partial charge in [0.05, 0.1) is 6.04 Å². The number of rotatable bonds is 3. The molecule has 4 heterocycles. The second-order valence-electron chi connectivity index (χ2n) is 8.19. The van der Waals surface area contributed by atoms with Crippen LogP contribution in [0.5, 0.6) is 5.88 Å². The van der Waals surface area contributed by atoms with Crippen LogP contribution in [-0.2, 0) is 6.42 Å². The van der Waals surface area contributed by atoms with Gasteiger partial charge < -0.3 is 4.74 Å². The monoisotopic (exact) mass is 383 g/mol. The van der Waals surface area contributed by atoms with E-state index < -0.39 is 0 Å². The average molecular weight is 383 g/mol. The molecule has 2 N–H and O–H groups in total. The van der Waals surface area contributed by atoms with Gasteiger partial charge in [0.15, 0.2) is 0 Å². The lowest BCUT2D eigenvalue weighted by Gasteiger charge is -2.37. The lowest BCUT2D eigenvalue weighted by atomic mass is 9.85. The highest BCUT2D eigenvalue weighted by atomic mass is 19.1. The number of aryl methyl sites for hydroxylation is 2. The van der Waals surface area contributed by atoms with E-state index in [4.69, 9.17) is 4.74 Å². The summed E-state index contributed by atoms with van der Waals surface area (Å²) in [5.41, 5.74) is 9.62. The number of hydrazine groups is 1. The Morgan fingerprint density at radius 1 is 1.21 bits per heavy atom. The van der Waals surface area contributed by atoms with E-state index in [1.807, 2.05) is 26.0 Å². The van der Waals surface area contributed by atoms with E-state index in [0.717, 1.165) is 61.0 Å². The van der Waals surface area contributed by atoms with Gasteiger partial charge in [-0.15, -0.1) is 0 Å². The van der Waals surface area contributed by atoms with Crippen molar-refractivity contribution in [2.75, 3.05) is 19.6 Å². The van der Waals surface area contributed by atoms with E-state index in [9.17, 15) is 4.39 Å². The van der Waals surface area contributed by atoms with E-state index in [1.165, 1.54) is 0 Å². The number of aromatic nitrogens is 2. The van der Waals surface area contributed by atoms with E-state index in [0.29, 0.717) is 12.0 Å². The van der Waals surface area contributed by atoms with Crippen LogP contribution in [0.1, 0.15) is 35.1 Å². The van der Waals surface area contributed by atoms with Gasteiger partial charge in [0, 0.05) is 48.3 Å². The first-order valence-electron chi connectivity index (χ1n) is 10.1. The molecule has 4 unspecified atom stereocenters. The third-order valence-corrected chi connectivity index (χ3v) is 6.29. The second-order valence-corrected chi connectivity index (χ2v) is 8.19. The summed E-state index contributed by atoms with van der Waals surface area (Å²) in [6.45, 7) is 6.72. The number of ether oxygens (including phenoxy) is 1. The fourth-order valence-corrected chi connectivity index (χ4v) is 4.93. The maximum atomic E-state index is 14.3. The molecule has 2 saturated heterocycles. The molecule has 0 bridgehead atoms. The van der Waals surface area contributed by atoms with E-state index in [2.05, 4.69) is 25.7 Å². The number of likely N-dealkylation sites (tertiary alicyclic amines) is 1. The third-order valence-electron chi connectivity index (χ3n) is 6.29. The lowest BCUT2D eigenvalue weighted by molar-refractivity contribution is 0.0988. The molecule has 0 saturated carbocycles. The molecule has 1 aromatic carbocycles. The summed E-state index contributed by atoms with van der Waals surface area (Å²) in [7, 11) is 0. The number of fused-ring (bicyclic) bond motifs is 2. The number of benzene rings is 1. The second kappa shape index (κ2) is 7.06. The number of hydrogen-bond acceptors (Lipinski definition) is 6. The molecule has 1 aromatic heterocycles. The Hall–Kier alpha value is -2.09. The van der Waals surface area contributed by atoms with Crippen molar-refractivity contribution in [2.45, 2.75) is 44.9 Å². The van der Waals surface area contributed by atoms with Crippen molar-refractivity contribution < 1.29 is 9.13 Å². The van der Waals surface area contributed by atoms with Crippen LogP contribution in [0.2, 0.25) is 0 Å². The fraction of sp³-hybridized carbons (Fsp3) is 0.524. The van der Waals surface area contributed by atoms with Gasteiger partial charge in [-0.05, 0) is 32.9 Å². The number of piperidine rings is 1. The smallest absolute Gasteiger partial charge is 0.220 e. The molecule has 0 amide bonds. The van der Waals surface area contributed by atoms with Gasteiger partial charge in [0.2, 0.25) is 5.88 Å². The average Bonchev–Trinajstić information content (AvgIpc) is 3.26. The molecule has 7 heteroatoms. The minimum atomic E-state index is -0.140. The van der Waals surface area contributed by atoms with Gasteiger partial charge in [-0.3, -0.25) is 10.3 Å². The minimum Gasteiger partial charge on any atom is -0.472 e. The molecular formula is C21H26FN5O. The summed E-state index contributed by atoms with van der Waals surface area (Å²) in [4.78, 5) is 11.4. The first-order valence-corrected chi connectivity index (χ1v) is 10.1. The van der Waals surface area contributed by atoms with Crippen molar-refractivity contribution in [1.29, 1.82) is 0 Å². The summed E-state index contributed by atoms with van der Waals surface area (Å²) in [5.74, 6) is 1.70. The van der Waals surface area contributed by atoms with Crippen LogP contribution in [0.3, 0.4) is 0 Å². The Labute approximate surface area is 164 Å². The van der Waals surface area contributed by atoms with E-state index in [1.54, 1.807) is 12.1 Å². The predicted octanol–water partition coefficient (Wildman–Crippen LogP) is 2.08. The topological polar surface area (TPSA) is 62.3 Å². The summed E-state index contributed by atoms with van der Waals surface area (Å²) in [5, 5.41) is 0. The SMILES string of the molecule is Cc1nc(C)c2c(n1)OC(CN1CCC3NNC(c4ccccc4F)C3C1)C2. The molecule has 3 aliphatic heterocycles. The highest BCUT2D eigenvalue weighted by Crippen LogP contribution is 2.35. The highest BCUT2D eigenvalue weighted by molar-refractivity contribution is 5.34. The molecule has 148 valence electrons. The van der Waals surface area contributed by atoms with Gasteiger partial charge in [0.1, 0.15) is 17.7 Å². The maximum absolute atomic E-state index is 14.3. The molecule has 6 nitrogen and oxygen atoms in total. The molecule has 28 heavy (non-hydrogen) atoms. The highest BCUT2D eigenvalue weighted by Gasteiger charge is 2.42. The standard InChI is InChI=1S/C21H26FN5O/c1-12-16-9-14(28-21(16)24-13(2)23-12)10-27-8-7-19-17(11-27)20(26-25-19)15-5-3-4-6-18(15)22/h3-6,14,17,19-20,25-26H,7-11H2,1-2H3.